The number of hydrogen-bond acceptors (Lipinski definition) is 2. The highest BCUT2D eigenvalue weighted by molar-refractivity contribution is 5.41. The zero-order valence-electron chi connectivity index (χ0n) is 16.0. The van der Waals surface area contributed by atoms with Crippen LogP contribution in [-0.2, 0) is 6.42 Å². The van der Waals surface area contributed by atoms with E-state index in [1.165, 1.54) is 24.8 Å². The Kier molecular flexibility index (Phi) is 4.03. The van der Waals surface area contributed by atoms with Crippen molar-refractivity contribution in [2.24, 2.45) is 17.3 Å². The molecule has 0 bridgehead atoms. The van der Waals surface area contributed by atoms with Gasteiger partial charge >= 0.3 is 0 Å². The number of rotatable bonds is 3. The van der Waals surface area contributed by atoms with Crippen LogP contribution >= 0.6 is 0 Å². The summed E-state index contributed by atoms with van der Waals surface area (Å²) in [5.74, 6) is 3.01. The van der Waals surface area contributed by atoms with Crippen molar-refractivity contribution in [1.82, 2.24) is 0 Å². The van der Waals surface area contributed by atoms with Crippen molar-refractivity contribution in [3.63, 3.8) is 0 Å². The summed E-state index contributed by atoms with van der Waals surface area (Å²) in [5.41, 5.74) is 3.66. The summed E-state index contributed by atoms with van der Waals surface area (Å²) in [6.07, 6.45) is 7.63. The van der Waals surface area contributed by atoms with Gasteiger partial charge in [-0.2, -0.15) is 0 Å². The van der Waals surface area contributed by atoms with Gasteiger partial charge in [-0.1, -0.05) is 18.6 Å². The molecular weight excluding hydrogens is 308 g/mol. The van der Waals surface area contributed by atoms with E-state index >= 15 is 0 Å². The number of ether oxygens (including phenoxy) is 1. The fourth-order valence-corrected chi connectivity index (χ4v) is 6.59. The van der Waals surface area contributed by atoms with Crippen molar-refractivity contribution in [2.45, 2.75) is 70.3 Å². The lowest BCUT2D eigenvalue weighted by Gasteiger charge is -2.53. The highest BCUT2D eigenvalue weighted by atomic mass is 16.5. The fourth-order valence-electron chi connectivity index (χ4n) is 6.59. The molecule has 2 fully saturated rings. The number of fused-ring (bicyclic) bond motifs is 5. The molecule has 1 aromatic carbocycles. The third-order valence-corrected chi connectivity index (χ3v) is 7.85. The smallest absolute Gasteiger partial charge is 0.119 e. The third kappa shape index (κ3) is 2.48. The molecule has 2 saturated carbocycles. The van der Waals surface area contributed by atoms with Gasteiger partial charge in [0.15, 0.2) is 0 Å². The first-order valence-electron chi connectivity index (χ1n) is 9.91. The number of methoxy groups -OCH3 is 1. The first kappa shape index (κ1) is 17.1. The molecule has 25 heavy (non-hydrogen) atoms. The first-order chi connectivity index (χ1) is 11.9. The monoisotopic (exact) mass is 340 g/mol. The summed E-state index contributed by atoms with van der Waals surface area (Å²) in [4.78, 5) is 0. The van der Waals surface area contributed by atoms with Crippen molar-refractivity contribution in [3.05, 3.63) is 41.5 Å². The maximum Gasteiger partial charge on any atom is 0.119 e. The fraction of sp³-hybridized carbons (Fsp3) is 0.652. The van der Waals surface area contributed by atoms with Gasteiger partial charge < -0.3 is 9.84 Å². The quantitative estimate of drug-likeness (QED) is 0.762. The predicted molar refractivity (Wildman–Crippen MR) is 102 cm³/mol. The molecule has 2 heteroatoms. The van der Waals surface area contributed by atoms with Crippen LogP contribution in [0.4, 0.5) is 0 Å². The van der Waals surface area contributed by atoms with Crippen LogP contribution in [0, 0.1) is 17.3 Å². The Bertz CT molecular complexity index is 693. The van der Waals surface area contributed by atoms with Gasteiger partial charge in [0.2, 0.25) is 0 Å². The van der Waals surface area contributed by atoms with Crippen LogP contribution in [0.25, 0.3) is 0 Å². The topological polar surface area (TPSA) is 29.5 Å². The maximum atomic E-state index is 11.5. The molecule has 0 heterocycles. The largest absolute Gasteiger partial charge is 0.497 e. The minimum atomic E-state index is -0.547. The molecule has 0 aromatic heterocycles. The minimum Gasteiger partial charge on any atom is -0.497 e. The lowest BCUT2D eigenvalue weighted by Crippen LogP contribution is -2.50. The average molecular weight is 341 g/mol. The van der Waals surface area contributed by atoms with E-state index in [4.69, 9.17) is 4.74 Å². The normalized spacial score (nSPS) is 39.3. The predicted octanol–water partition coefficient (Wildman–Crippen LogP) is 5.25. The zero-order chi connectivity index (χ0) is 17.8. The third-order valence-electron chi connectivity index (χ3n) is 7.85. The highest BCUT2D eigenvalue weighted by Gasteiger charge is 2.61. The summed E-state index contributed by atoms with van der Waals surface area (Å²) < 4.78 is 5.42. The van der Waals surface area contributed by atoms with Crippen molar-refractivity contribution in [2.75, 3.05) is 7.11 Å². The van der Waals surface area contributed by atoms with Crippen LogP contribution in [0.1, 0.15) is 69.4 Å². The number of aliphatic hydroxyl groups is 1. The maximum absolute atomic E-state index is 11.5. The molecule has 4 rings (SSSR count). The van der Waals surface area contributed by atoms with E-state index in [-0.39, 0.29) is 5.41 Å². The summed E-state index contributed by atoms with van der Waals surface area (Å²) in [6.45, 7) is 8.52. The van der Waals surface area contributed by atoms with Crippen LogP contribution in [0.2, 0.25) is 0 Å². The van der Waals surface area contributed by atoms with Gasteiger partial charge in [0.05, 0.1) is 12.7 Å². The Morgan fingerprint density at radius 1 is 1.28 bits per heavy atom. The molecule has 2 nitrogen and oxygen atoms in total. The van der Waals surface area contributed by atoms with E-state index in [0.29, 0.717) is 11.8 Å². The molecule has 0 saturated heterocycles. The molecule has 1 N–H and O–H groups in total. The van der Waals surface area contributed by atoms with E-state index in [2.05, 4.69) is 38.6 Å². The Morgan fingerprint density at radius 3 is 2.80 bits per heavy atom. The van der Waals surface area contributed by atoms with Crippen LogP contribution in [0.5, 0.6) is 5.75 Å². The van der Waals surface area contributed by atoms with E-state index in [0.717, 1.165) is 42.9 Å². The lowest BCUT2D eigenvalue weighted by atomic mass is 9.53. The second-order valence-electron chi connectivity index (χ2n) is 9.14. The van der Waals surface area contributed by atoms with Gasteiger partial charge in [0.1, 0.15) is 5.75 Å². The number of benzene rings is 1. The van der Waals surface area contributed by atoms with E-state index in [1.807, 2.05) is 0 Å². The number of aryl methyl sites for hydroxylation is 1. The molecule has 3 aliphatic carbocycles. The van der Waals surface area contributed by atoms with Gasteiger partial charge in [0, 0.05) is 0 Å². The summed E-state index contributed by atoms with van der Waals surface area (Å²) in [5, 5.41) is 11.5. The van der Waals surface area contributed by atoms with Gasteiger partial charge in [-0.05, 0) is 98.3 Å². The van der Waals surface area contributed by atoms with Crippen molar-refractivity contribution in [3.8, 4) is 5.75 Å². The SMILES string of the molecule is C=C(C)C[C@]1(O)CC[C@H]2[C@@H]3CCc4cc(OC)ccc4[C@H]3CC[C@@]21C. The molecule has 0 amide bonds. The molecule has 136 valence electrons. The molecule has 3 aliphatic rings. The van der Waals surface area contributed by atoms with Gasteiger partial charge in [-0.15, -0.1) is 6.58 Å². The van der Waals surface area contributed by atoms with Gasteiger partial charge in [-0.25, -0.2) is 0 Å². The van der Waals surface area contributed by atoms with Crippen LogP contribution in [-0.4, -0.2) is 17.8 Å². The molecule has 5 atom stereocenters. The van der Waals surface area contributed by atoms with Crippen molar-refractivity contribution >= 4 is 0 Å². The van der Waals surface area contributed by atoms with Crippen LogP contribution in [0.15, 0.2) is 30.4 Å². The average Bonchev–Trinajstić information content (AvgIpc) is 2.84. The number of hydrogen-bond donors (Lipinski definition) is 1. The van der Waals surface area contributed by atoms with Gasteiger partial charge in [0.25, 0.3) is 0 Å². The standard InChI is InChI=1S/C23H32O2/c1-15(2)14-23(24)12-10-21-20-7-5-16-13-17(25-4)6-8-18(16)19(20)9-11-22(21,23)3/h6,8,13,19-21,24H,1,5,7,9-12,14H2,2-4H3/t19-,20-,21+,22+,23-/m1/s1. The Morgan fingerprint density at radius 2 is 2.08 bits per heavy atom. The van der Waals surface area contributed by atoms with Crippen molar-refractivity contribution < 1.29 is 9.84 Å². The first-order valence-corrected chi connectivity index (χ1v) is 9.91. The second-order valence-corrected chi connectivity index (χ2v) is 9.14. The van der Waals surface area contributed by atoms with E-state index < -0.39 is 5.60 Å². The zero-order valence-corrected chi connectivity index (χ0v) is 16.0. The highest BCUT2D eigenvalue weighted by Crippen LogP contribution is 2.65. The molecule has 0 aliphatic heterocycles. The van der Waals surface area contributed by atoms with Crippen LogP contribution < -0.4 is 4.74 Å². The molecule has 1 aromatic rings. The van der Waals surface area contributed by atoms with Gasteiger partial charge in [-0.3, -0.25) is 0 Å². The summed E-state index contributed by atoms with van der Waals surface area (Å²) >= 11 is 0. The van der Waals surface area contributed by atoms with Crippen LogP contribution in [0.3, 0.4) is 0 Å². The minimum absolute atomic E-state index is 0.0527. The Balaban J connectivity index is 1.65. The van der Waals surface area contributed by atoms with Crippen molar-refractivity contribution in [1.29, 1.82) is 0 Å². The van der Waals surface area contributed by atoms with E-state index in [1.54, 1.807) is 12.7 Å². The molecule has 0 spiro atoms. The molecular formula is C23H32O2. The molecule has 0 unspecified atom stereocenters. The van der Waals surface area contributed by atoms with E-state index in [9.17, 15) is 5.11 Å². The summed E-state index contributed by atoms with van der Waals surface area (Å²) in [6, 6.07) is 6.68. The summed E-state index contributed by atoms with van der Waals surface area (Å²) in [7, 11) is 1.75. The Hall–Kier alpha value is -1.28. The Labute approximate surface area is 152 Å². The molecule has 0 radical (unpaired) electrons. The lowest BCUT2D eigenvalue weighted by molar-refractivity contribution is -0.102. The second kappa shape index (κ2) is 5.87.